The summed E-state index contributed by atoms with van der Waals surface area (Å²) in [7, 11) is 1.84. The lowest BCUT2D eigenvalue weighted by Gasteiger charge is -2.36. The number of carboxylic acid groups (broad SMARTS) is 1. The van der Waals surface area contributed by atoms with Crippen LogP contribution in [-0.2, 0) is 4.79 Å². The van der Waals surface area contributed by atoms with Gasteiger partial charge in [0, 0.05) is 19.1 Å². The fourth-order valence-electron chi connectivity index (χ4n) is 3.78. The summed E-state index contributed by atoms with van der Waals surface area (Å²) in [4.78, 5) is 25.5. The van der Waals surface area contributed by atoms with E-state index >= 15 is 0 Å². The van der Waals surface area contributed by atoms with Gasteiger partial charge in [-0.15, -0.1) is 0 Å². The molecular weight excluding hydrogens is 268 g/mol. The molecule has 5 heteroatoms. The van der Waals surface area contributed by atoms with Crippen molar-refractivity contribution >= 4 is 12.0 Å². The van der Waals surface area contributed by atoms with Crippen molar-refractivity contribution in [2.45, 2.75) is 70.4 Å². The van der Waals surface area contributed by atoms with Crippen LogP contribution in [0.15, 0.2) is 0 Å². The SMILES string of the molecule is CC1CCCC(N(C)C(=O)NC2CCCCC2C(=O)O)C1. The van der Waals surface area contributed by atoms with Crippen LogP contribution in [0, 0.1) is 11.8 Å². The molecule has 0 saturated heterocycles. The summed E-state index contributed by atoms with van der Waals surface area (Å²) in [6.07, 6.45) is 7.92. The van der Waals surface area contributed by atoms with Gasteiger partial charge in [-0.2, -0.15) is 0 Å². The van der Waals surface area contributed by atoms with Gasteiger partial charge in [0.25, 0.3) is 0 Å². The molecule has 0 bridgehead atoms. The summed E-state index contributed by atoms with van der Waals surface area (Å²) in [5.74, 6) is -0.546. The van der Waals surface area contributed by atoms with Gasteiger partial charge >= 0.3 is 12.0 Å². The van der Waals surface area contributed by atoms with Crippen LogP contribution in [0.5, 0.6) is 0 Å². The summed E-state index contributed by atoms with van der Waals surface area (Å²) in [5, 5.41) is 12.2. The van der Waals surface area contributed by atoms with Gasteiger partial charge in [0.2, 0.25) is 0 Å². The van der Waals surface area contributed by atoms with Crippen molar-refractivity contribution in [3.05, 3.63) is 0 Å². The number of hydrogen-bond acceptors (Lipinski definition) is 2. The van der Waals surface area contributed by atoms with Crippen LogP contribution < -0.4 is 5.32 Å². The molecule has 4 atom stereocenters. The van der Waals surface area contributed by atoms with E-state index in [0.717, 1.165) is 32.1 Å². The number of carbonyl (C=O) groups is 2. The van der Waals surface area contributed by atoms with Gasteiger partial charge < -0.3 is 15.3 Å². The van der Waals surface area contributed by atoms with E-state index in [1.807, 2.05) is 7.05 Å². The van der Waals surface area contributed by atoms with E-state index in [9.17, 15) is 14.7 Å². The second-order valence-corrected chi connectivity index (χ2v) is 6.82. The van der Waals surface area contributed by atoms with Crippen LogP contribution in [0.3, 0.4) is 0 Å². The zero-order valence-corrected chi connectivity index (χ0v) is 13.2. The van der Waals surface area contributed by atoms with Crippen LogP contribution in [0.4, 0.5) is 4.79 Å². The highest BCUT2D eigenvalue weighted by atomic mass is 16.4. The minimum Gasteiger partial charge on any atom is -0.481 e. The normalized spacial score (nSPS) is 33.2. The lowest BCUT2D eigenvalue weighted by atomic mass is 9.84. The van der Waals surface area contributed by atoms with E-state index in [2.05, 4.69) is 12.2 Å². The smallest absolute Gasteiger partial charge is 0.317 e. The van der Waals surface area contributed by atoms with Gasteiger partial charge in [0.05, 0.1) is 5.92 Å². The second kappa shape index (κ2) is 7.14. The molecule has 2 fully saturated rings. The van der Waals surface area contributed by atoms with E-state index in [1.54, 1.807) is 4.90 Å². The molecule has 0 heterocycles. The summed E-state index contributed by atoms with van der Waals surface area (Å²) in [6, 6.07) is -0.0277. The number of aliphatic carboxylic acids is 1. The van der Waals surface area contributed by atoms with Crippen molar-refractivity contribution < 1.29 is 14.7 Å². The van der Waals surface area contributed by atoms with Crippen molar-refractivity contribution in [2.75, 3.05) is 7.05 Å². The maximum atomic E-state index is 12.4. The highest BCUT2D eigenvalue weighted by Crippen LogP contribution is 2.28. The average molecular weight is 296 g/mol. The Labute approximate surface area is 127 Å². The zero-order valence-electron chi connectivity index (χ0n) is 13.2. The number of nitrogens with one attached hydrogen (secondary N) is 1. The topological polar surface area (TPSA) is 69.6 Å². The predicted molar refractivity (Wildman–Crippen MR) is 81.1 cm³/mol. The van der Waals surface area contributed by atoms with E-state index < -0.39 is 11.9 Å². The minimum absolute atomic E-state index is 0.104. The molecule has 21 heavy (non-hydrogen) atoms. The summed E-state index contributed by atoms with van der Waals surface area (Å²) in [5.41, 5.74) is 0. The van der Waals surface area contributed by atoms with Gasteiger partial charge in [-0.25, -0.2) is 4.79 Å². The molecule has 0 radical (unpaired) electrons. The van der Waals surface area contributed by atoms with Gasteiger partial charge in [0.1, 0.15) is 0 Å². The molecule has 2 rings (SSSR count). The molecule has 2 aliphatic rings. The Kier molecular flexibility index (Phi) is 5.48. The van der Waals surface area contributed by atoms with Gasteiger partial charge in [-0.05, 0) is 31.6 Å². The molecule has 2 N–H and O–H groups in total. The van der Waals surface area contributed by atoms with Gasteiger partial charge in [-0.1, -0.05) is 32.6 Å². The highest BCUT2D eigenvalue weighted by molar-refractivity contribution is 5.77. The number of hydrogen-bond donors (Lipinski definition) is 2. The van der Waals surface area contributed by atoms with E-state index in [0.29, 0.717) is 18.4 Å². The standard InChI is InChI=1S/C16H28N2O3/c1-11-6-5-7-12(10-11)18(2)16(21)17-14-9-4-3-8-13(14)15(19)20/h11-14H,3-10H2,1-2H3,(H,17,21)(H,19,20). The Balaban J connectivity index is 1.91. The van der Waals surface area contributed by atoms with Gasteiger partial charge in [-0.3, -0.25) is 4.79 Å². The monoisotopic (exact) mass is 296 g/mol. The Bertz CT molecular complexity index is 386. The maximum Gasteiger partial charge on any atom is 0.317 e. The largest absolute Gasteiger partial charge is 0.481 e. The fourth-order valence-corrected chi connectivity index (χ4v) is 3.78. The molecule has 120 valence electrons. The van der Waals surface area contributed by atoms with Crippen molar-refractivity contribution in [1.29, 1.82) is 0 Å². The minimum atomic E-state index is -0.783. The quantitative estimate of drug-likeness (QED) is 0.841. The Morgan fingerprint density at radius 2 is 1.81 bits per heavy atom. The lowest BCUT2D eigenvalue weighted by molar-refractivity contribution is -0.143. The molecule has 2 aliphatic carbocycles. The van der Waals surface area contributed by atoms with Crippen molar-refractivity contribution in [3.8, 4) is 0 Å². The van der Waals surface area contributed by atoms with Crippen molar-refractivity contribution in [1.82, 2.24) is 10.2 Å². The first-order valence-electron chi connectivity index (χ1n) is 8.25. The molecule has 0 aromatic rings. The number of carbonyl (C=O) groups excluding carboxylic acids is 1. The molecule has 4 unspecified atom stereocenters. The highest BCUT2D eigenvalue weighted by Gasteiger charge is 2.33. The number of amides is 2. The van der Waals surface area contributed by atoms with E-state index in [4.69, 9.17) is 0 Å². The van der Waals surface area contributed by atoms with E-state index in [1.165, 1.54) is 12.8 Å². The third kappa shape index (κ3) is 4.11. The van der Waals surface area contributed by atoms with Crippen molar-refractivity contribution in [3.63, 3.8) is 0 Å². The Hall–Kier alpha value is -1.26. The first-order valence-corrected chi connectivity index (χ1v) is 8.25. The Morgan fingerprint density at radius 3 is 2.48 bits per heavy atom. The zero-order chi connectivity index (χ0) is 15.4. The third-order valence-corrected chi connectivity index (χ3v) is 5.17. The number of nitrogens with zero attached hydrogens (tertiary/aromatic N) is 1. The molecule has 2 saturated carbocycles. The second-order valence-electron chi connectivity index (χ2n) is 6.82. The Morgan fingerprint density at radius 1 is 1.10 bits per heavy atom. The van der Waals surface area contributed by atoms with Crippen LogP contribution in [0.25, 0.3) is 0 Å². The molecule has 0 spiro atoms. The first kappa shape index (κ1) is 16.1. The van der Waals surface area contributed by atoms with E-state index in [-0.39, 0.29) is 12.1 Å². The first-order chi connectivity index (χ1) is 9.99. The van der Waals surface area contributed by atoms with Crippen LogP contribution >= 0.6 is 0 Å². The van der Waals surface area contributed by atoms with Gasteiger partial charge in [0.15, 0.2) is 0 Å². The third-order valence-electron chi connectivity index (χ3n) is 5.17. The van der Waals surface area contributed by atoms with Crippen LogP contribution in [-0.4, -0.2) is 41.1 Å². The molecule has 2 amide bonds. The molecule has 0 aliphatic heterocycles. The summed E-state index contributed by atoms with van der Waals surface area (Å²) >= 11 is 0. The molecule has 0 aromatic heterocycles. The van der Waals surface area contributed by atoms with Crippen molar-refractivity contribution in [2.24, 2.45) is 11.8 Å². The number of rotatable bonds is 3. The predicted octanol–water partition coefficient (Wildman–Crippen LogP) is 2.85. The maximum absolute atomic E-state index is 12.4. The fraction of sp³-hybridized carbons (Fsp3) is 0.875. The summed E-state index contributed by atoms with van der Waals surface area (Å²) in [6.45, 7) is 2.24. The molecule has 5 nitrogen and oxygen atoms in total. The van der Waals surface area contributed by atoms with Crippen LogP contribution in [0.1, 0.15) is 58.3 Å². The molecular formula is C16H28N2O3. The molecule has 0 aromatic carbocycles. The van der Waals surface area contributed by atoms with Crippen LogP contribution in [0.2, 0.25) is 0 Å². The average Bonchev–Trinajstić information content (AvgIpc) is 2.46. The lowest BCUT2D eigenvalue weighted by Crippen LogP contribution is -2.52. The number of carboxylic acids is 1. The summed E-state index contributed by atoms with van der Waals surface area (Å²) < 4.78 is 0. The number of urea groups is 1.